The molecule has 19 heavy (non-hydrogen) atoms. The first-order valence-corrected chi connectivity index (χ1v) is 6.72. The van der Waals surface area contributed by atoms with Gasteiger partial charge in [-0.15, -0.1) is 0 Å². The summed E-state index contributed by atoms with van der Waals surface area (Å²) in [5.41, 5.74) is 1.68. The van der Waals surface area contributed by atoms with Crippen molar-refractivity contribution >= 4 is 33.5 Å². The van der Waals surface area contributed by atoms with E-state index in [0.29, 0.717) is 18.5 Å². The van der Waals surface area contributed by atoms with E-state index in [1.54, 1.807) is 6.07 Å². The molecule has 1 heterocycles. The van der Waals surface area contributed by atoms with E-state index in [1.807, 2.05) is 19.1 Å². The average Bonchev–Trinajstić information content (AvgIpc) is 2.83. The number of rotatable bonds is 3. The van der Waals surface area contributed by atoms with Crippen LogP contribution in [0.25, 0.3) is 0 Å². The van der Waals surface area contributed by atoms with Gasteiger partial charge >= 0.3 is 5.97 Å². The Kier molecular flexibility index (Phi) is 4.21. The molecule has 0 aliphatic carbocycles. The van der Waals surface area contributed by atoms with Crippen molar-refractivity contribution in [1.82, 2.24) is 0 Å². The second-order valence-corrected chi connectivity index (χ2v) is 5.34. The second-order valence-electron chi connectivity index (χ2n) is 4.48. The van der Waals surface area contributed by atoms with Gasteiger partial charge in [-0.3, -0.25) is 4.79 Å². The van der Waals surface area contributed by atoms with Gasteiger partial charge in [0.25, 0.3) is 5.91 Å². The number of hydrogen-bond donors (Lipinski definition) is 2. The van der Waals surface area contributed by atoms with Crippen LogP contribution in [0.3, 0.4) is 0 Å². The zero-order valence-corrected chi connectivity index (χ0v) is 11.9. The minimum atomic E-state index is -1.02. The topological polar surface area (TPSA) is 75.6 Å². The zero-order valence-electron chi connectivity index (χ0n) is 10.4. The number of aliphatic carboxylic acids is 1. The van der Waals surface area contributed by atoms with Crippen LogP contribution in [0.15, 0.2) is 22.7 Å². The Labute approximate surface area is 119 Å². The highest BCUT2D eigenvalue weighted by Gasteiger charge is 2.34. The molecule has 0 aromatic heterocycles. The molecule has 1 amide bonds. The molecule has 1 aliphatic rings. The summed E-state index contributed by atoms with van der Waals surface area (Å²) in [4.78, 5) is 22.7. The molecule has 102 valence electrons. The van der Waals surface area contributed by atoms with Gasteiger partial charge in [0, 0.05) is 10.2 Å². The van der Waals surface area contributed by atoms with Crippen molar-refractivity contribution in [3.05, 3.63) is 28.2 Å². The van der Waals surface area contributed by atoms with Crippen molar-refractivity contribution in [1.29, 1.82) is 0 Å². The molecular formula is C13H14BrNO4. The number of nitrogens with one attached hydrogen (secondary N) is 1. The Morgan fingerprint density at radius 1 is 1.37 bits per heavy atom. The van der Waals surface area contributed by atoms with Crippen LogP contribution >= 0.6 is 15.9 Å². The predicted molar refractivity (Wildman–Crippen MR) is 73.0 cm³/mol. The maximum Gasteiger partial charge on any atom is 0.332 e. The quantitative estimate of drug-likeness (QED) is 0.893. The Morgan fingerprint density at radius 3 is 2.63 bits per heavy atom. The highest BCUT2D eigenvalue weighted by Crippen LogP contribution is 2.23. The second kappa shape index (κ2) is 5.71. The minimum absolute atomic E-state index is 0.300. The molecule has 1 fully saturated rings. The van der Waals surface area contributed by atoms with Gasteiger partial charge in [0.15, 0.2) is 6.10 Å². The number of anilines is 1. The third-order valence-electron chi connectivity index (χ3n) is 3.01. The number of hydrogen-bond acceptors (Lipinski definition) is 3. The van der Waals surface area contributed by atoms with Crippen molar-refractivity contribution in [2.45, 2.75) is 32.0 Å². The number of ether oxygens (including phenoxy) is 1. The molecule has 1 aromatic rings. The van der Waals surface area contributed by atoms with Crippen LogP contribution in [0.2, 0.25) is 0 Å². The van der Waals surface area contributed by atoms with Crippen LogP contribution < -0.4 is 5.32 Å². The van der Waals surface area contributed by atoms with E-state index >= 15 is 0 Å². The zero-order chi connectivity index (χ0) is 14.0. The molecule has 1 saturated heterocycles. The minimum Gasteiger partial charge on any atom is -0.479 e. The van der Waals surface area contributed by atoms with Crippen molar-refractivity contribution in [3.8, 4) is 0 Å². The first-order valence-electron chi connectivity index (χ1n) is 5.92. The van der Waals surface area contributed by atoms with E-state index in [4.69, 9.17) is 9.84 Å². The molecule has 0 saturated carbocycles. The fourth-order valence-corrected chi connectivity index (χ4v) is 2.20. The molecule has 1 aliphatic heterocycles. The van der Waals surface area contributed by atoms with Crippen LogP contribution in [0.5, 0.6) is 0 Å². The molecule has 2 rings (SSSR count). The standard InChI is InChI=1S/C13H14BrNO4/c1-7-6-8(2-3-9(7)14)15-12(16)10-4-5-11(19-10)13(17)18/h2-3,6,10-11H,4-5H2,1H3,(H,15,16)(H,17,18)/t10-,11+/m0/s1. The van der Waals surface area contributed by atoms with E-state index < -0.39 is 18.2 Å². The Morgan fingerprint density at radius 2 is 2.05 bits per heavy atom. The first-order chi connectivity index (χ1) is 8.97. The largest absolute Gasteiger partial charge is 0.479 e. The molecule has 0 spiro atoms. The number of carbonyl (C=O) groups is 2. The van der Waals surface area contributed by atoms with Crippen LogP contribution in [0.4, 0.5) is 5.69 Å². The van der Waals surface area contributed by atoms with Gasteiger partial charge in [0.05, 0.1) is 0 Å². The summed E-state index contributed by atoms with van der Waals surface area (Å²) in [6.45, 7) is 1.92. The number of amides is 1. The summed E-state index contributed by atoms with van der Waals surface area (Å²) in [5, 5.41) is 11.5. The summed E-state index contributed by atoms with van der Waals surface area (Å²) in [6, 6.07) is 5.46. The van der Waals surface area contributed by atoms with Gasteiger partial charge in [-0.05, 0) is 43.5 Å². The third-order valence-corrected chi connectivity index (χ3v) is 3.90. The molecular weight excluding hydrogens is 314 g/mol. The number of carbonyl (C=O) groups excluding carboxylic acids is 1. The molecule has 0 radical (unpaired) electrons. The Balaban J connectivity index is 1.98. The summed E-state index contributed by atoms with van der Waals surface area (Å²) >= 11 is 3.38. The molecule has 0 unspecified atom stereocenters. The SMILES string of the molecule is Cc1cc(NC(=O)[C@@H]2CC[C@H](C(=O)O)O2)ccc1Br. The maximum absolute atomic E-state index is 11.9. The highest BCUT2D eigenvalue weighted by molar-refractivity contribution is 9.10. The highest BCUT2D eigenvalue weighted by atomic mass is 79.9. The Bertz CT molecular complexity index is 517. The number of benzene rings is 1. The number of aryl methyl sites for hydroxylation is 1. The molecule has 2 atom stereocenters. The van der Waals surface area contributed by atoms with E-state index in [9.17, 15) is 9.59 Å². The lowest BCUT2D eigenvalue weighted by Crippen LogP contribution is -2.29. The van der Waals surface area contributed by atoms with Crippen LogP contribution in [-0.4, -0.2) is 29.2 Å². The van der Waals surface area contributed by atoms with Crippen molar-refractivity contribution in [2.24, 2.45) is 0 Å². The van der Waals surface area contributed by atoms with Gasteiger partial charge < -0.3 is 15.2 Å². The summed E-state index contributed by atoms with van der Waals surface area (Å²) in [5.74, 6) is -1.32. The predicted octanol–water partition coefficient (Wildman–Crippen LogP) is 2.33. The molecule has 5 nitrogen and oxygen atoms in total. The van der Waals surface area contributed by atoms with Crippen LogP contribution in [-0.2, 0) is 14.3 Å². The van der Waals surface area contributed by atoms with Crippen molar-refractivity contribution in [3.63, 3.8) is 0 Å². The van der Waals surface area contributed by atoms with Crippen LogP contribution in [0.1, 0.15) is 18.4 Å². The lowest BCUT2D eigenvalue weighted by molar-refractivity contribution is -0.150. The number of carboxylic acids is 1. The van der Waals surface area contributed by atoms with Gasteiger partial charge in [-0.2, -0.15) is 0 Å². The fraction of sp³-hybridized carbons (Fsp3) is 0.385. The first kappa shape index (κ1) is 14.0. The van der Waals surface area contributed by atoms with Crippen LogP contribution in [0, 0.1) is 6.92 Å². The Hall–Kier alpha value is -1.40. The maximum atomic E-state index is 11.9. The van der Waals surface area contributed by atoms with Gasteiger partial charge in [-0.1, -0.05) is 15.9 Å². The molecule has 1 aromatic carbocycles. The van der Waals surface area contributed by atoms with Crippen molar-refractivity contribution < 1.29 is 19.4 Å². The molecule has 6 heteroatoms. The lowest BCUT2D eigenvalue weighted by atomic mass is 10.1. The monoisotopic (exact) mass is 327 g/mol. The van der Waals surface area contributed by atoms with Gasteiger partial charge in [0.1, 0.15) is 6.10 Å². The molecule has 0 bridgehead atoms. The lowest BCUT2D eigenvalue weighted by Gasteiger charge is -2.12. The normalized spacial score (nSPS) is 22.2. The van der Waals surface area contributed by atoms with E-state index in [2.05, 4.69) is 21.2 Å². The summed E-state index contributed by atoms with van der Waals surface area (Å²) in [7, 11) is 0. The van der Waals surface area contributed by atoms with E-state index in [0.717, 1.165) is 10.0 Å². The smallest absolute Gasteiger partial charge is 0.332 e. The van der Waals surface area contributed by atoms with Gasteiger partial charge in [-0.25, -0.2) is 4.79 Å². The van der Waals surface area contributed by atoms with Gasteiger partial charge in [0.2, 0.25) is 0 Å². The number of carboxylic acid groups (broad SMARTS) is 1. The molecule has 2 N–H and O–H groups in total. The summed E-state index contributed by atoms with van der Waals surface area (Å²) in [6.07, 6.45) is -0.766. The average molecular weight is 328 g/mol. The fourth-order valence-electron chi connectivity index (χ4n) is 1.96. The third kappa shape index (κ3) is 3.33. The van der Waals surface area contributed by atoms with Crippen molar-refractivity contribution in [2.75, 3.05) is 5.32 Å². The van der Waals surface area contributed by atoms with E-state index in [1.165, 1.54) is 0 Å². The van der Waals surface area contributed by atoms with E-state index in [-0.39, 0.29) is 5.91 Å². The summed E-state index contributed by atoms with van der Waals surface area (Å²) < 4.78 is 6.16. The number of halogens is 1.